The lowest BCUT2D eigenvalue weighted by Gasteiger charge is -2.19. The van der Waals surface area contributed by atoms with Gasteiger partial charge in [0.25, 0.3) is 0 Å². The summed E-state index contributed by atoms with van der Waals surface area (Å²) in [6, 6.07) is 0.702. The maximum absolute atomic E-state index is 5.60. The molecular weight excluding hydrogens is 230 g/mol. The molecule has 0 amide bonds. The summed E-state index contributed by atoms with van der Waals surface area (Å²) in [5.41, 5.74) is 5.60. The van der Waals surface area contributed by atoms with Gasteiger partial charge in [0.05, 0.1) is 0 Å². The number of nitrogens with two attached hydrogens (primary N) is 1. The van der Waals surface area contributed by atoms with Crippen molar-refractivity contribution in [2.24, 2.45) is 5.92 Å². The lowest BCUT2D eigenvalue weighted by Crippen LogP contribution is -2.26. The van der Waals surface area contributed by atoms with Gasteiger partial charge >= 0.3 is 0 Å². The number of hydrogen-bond acceptors (Lipinski definition) is 4. The fraction of sp³-hybridized carbons (Fsp3) is 0.700. The largest absolute Gasteiger partial charge is 0.375 e. The van der Waals surface area contributed by atoms with Gasteiger partial charge in [0.1, 0.15) is 0 Å². The maximum Gasteiger partial charge on any atom is 0.180 e. The van der Waals surface area contributed by atoms with E-state index in [9.17, 15) is 0 Å². The highest BCUT2D eigenvalue weighted by Gasteiger charge is 2.26. The standard InChI is InChI=1S/C10H17N3S.ClH/c1-7-3-8(2)13(5-7)6-9-4-12-10(11)14-9;/h4,7-8H,3,5-6H2,1-2H3,(H2,11,12);1H. The van der Waals surface area contributed by atoms with E-state index in [0.717, 1.165) is 12.5 Å². The van der Waals surface area contributed by atoms with Crippen molar-refractivity contribution in [1.29, 1.82) is 0 Å². The van der Waals surface area contributed by atoms with Crippen molar-refractivity contribution in [2.75, 3.05) is 12.3 Å². The first-order valence-corrected chi connectivity index (χ1v) is 5.91. The maximum atomic E-state index is 5.60. The molecule has 1 saturated heterocycles. The number of rotatable bonds is 2. The second-order valence-corrected chi connectivity index (χ2v) is 5.43. The lowest BCUT2D eigenvalue weighted by molar-refractivity contribution is 0.259. The summed E-state index contributed by atoms with van der Waals surface area (Å²) in [5, 5.41) is 0.680. The Morgan fingerprint density at radius 3 is 2.80 bits per heavy atom. The normalized spacial score (nSPS) is 26.5. The Morgan fingerprint density at radius 1 is 1.60 bits per heavy atom. The second kappa shape index (κ2) is 5.14. The third-order valence-electron chi connectivity index (χ3n) is 2.84. The predicted molar refractivity (Wildman–Crippen MR) is 67.4 cm³/mol. The number of anilines is 1. The summed E-state index contributed by atoms with van der Waals surface area (Å²) in [5.74, 6) is 0.829. The number of nitrogen functional groups attached to an aromatic ring is 1. The molecule has 2 rings (SSSR count). The van der Waals surface area contributed by atoms with Crippen LogP contribution in [0.4, 0.5) is 5.13 Å². The van der Waals surface area contributed by atoms with Crippen LogP contribution in [0.5, 0.6) is 0 Å². The molecule has 1 aliphatic rings. The molecule has 15 heavy (non-hydrogen) atoms. The Bertz CT molecular complexity index is 315. The van der Waals surface area contributed by atoms with Crippen LogP contribution in [0.2, 0.25) is 0 Å². The molecule has 2 atom stereocenters. The first kappa shape index (κ1) is 12.7. The van der Waals surface area contributed by atoms with Crippen LogP contribution in [0.1, 0.15) is 25.1 Å². The van der Waals surface area contributed by atoms with Gasteiger partial charge < -0.3 is 5.73 Å². The highest BCUT2D eigenvalue weighted by atomic mass is 35.5. The van der Waals surface area contributed by atoms with Crippen molar-refractivity contribution in [2.45, 2.75) is 32.9 Å². The van der Waals surface area contributed by atoms with E-state index in [1.54, 1.807) is 11.3 Å². The monoisotopic (exact) mass is 247 g/mol. The molecule has 1 aliphatic heterocycles. The first-order chi connectivity index (χ1) is 6.65. The molecule has 1 aromatic heterocycles. The third-order valence-corrected chi connectivity index (χ3v) is 3.65. The Kier molecular flexibility index (Phi) is 4.37. The van der Waals surface area contributed by atoms with Crippen LogP contribution in [0.15, 0.2) is 6.20 Å². The highest BCUT2D eigenvalue weighted by molar-refractivity contribution is 7.15. The van der Waals surface area contributed by atoms with Gasteiger partial charge in [-0.05, 0) is 19.3 Å². The van der Waals surface area contributed by atoms with Crippen LogP contribution >= 0.6 is 23.7 Å². The molecule has 0 aromatic carbocycles. The zero-order chi connectivity index (χ0) is 10.1. The van der Waals surface area contributed by atoms with Crippen LogP contribution in [0.3, 0.4) is 0 Å². The van der Waals surface area contributed by atoms with E-state index in [-0.39, 0.29) is 12.4 Å². The van der Waals surface area contributed by atoms with Crippen LogP contribution in [0.25, 0.3) is 0 Å². The summed E-state index contributed by atoms with van der Waals surface area (Å²) >= 11 is 1.60. The zero-order valence-corrected chi connectivity index (χ0v) is 10.8. The zero-order valence-electron chi connectivity index (χ0n) is 9.14. The van der Waals surface area contributed by atoms with Crippen molar-refractivity contribution in [3.63, 3.8) is 0 Å². The summed E-state index contributed by atoms with van der Waals surface area (Å²) in [6.45, 7) is 6.84. The van der Waals surface area contributed by atoms with Crippen LogP contribution in [0, 0.1) is 5.92 Å². The second-order valence-electron chi connectivity index (χ2n) is 4.28. The highest BCUT2D eigenvalue weighted by Crippen LogP contribution is 2.26. The quantitative estimate of drug-likeness (QED) is 0.873. The number of likely N-dealkylation sites (tertiary alicyclic amines) is 1. The van der Waals surface area contributed by atoms with Gasteiger partial charge in [-0.25, -0.2) is 4.98 Å². The van der Waals surface area contributed by atoms with Crippen molar-refractivity contribution < 1.29 is 0 Å². The number of aromatic nitrogens is 1. The van der Waals surface area contributed by atoms with E-state index in [2.05, 4.69) is 23.7 Å². The molecule has 2 N–H and O–H groups in total. The summed E-state index contributed by atoms with van der Waals surface area (Å²) in [7, 11) is 0. The molecule has 2 unspecified atom stereocenters. The van der Waals surface area contributed by atoms with E-state index in [0.29, 0.717) is 11.2 Å². The topological polar surface area (TPSA) is 42.2 Å². The Labute approximate surface area is 101 Å². The molecule has 1 aromatic rings. The van der Waals surface area contributed by atoms with Gasteiger partial charge in [-0.2, -0.15) is 0 Å². The Hall–Kier alpha value is -0.320. The smallest absolute Gasteiger partial charge is 0.180 e. The molecular formula is C10H18ClN3S. The first-order valence-electron chi connectivity index (χ1n) is 5.09. The molecule has 86 valence electrons. The Balaban J connectivity index is 0.00000112. The van der Waals surface area contributed by atoms with Crippen molar-refractivity contribution >= 4 is 28.9 Å². The molecule has 0 radical (unpaired) electrons. The summed E-state index contributed by atoms with van der Waals surface area (Å²) < 4.78 is 0. The van der Waals surface area contributed by atoms with Gasteiger partial charge in [-0.15, -0.1) is 23.7 Å². The van der Waals surface area contributed by atoms with E-state index >= 15 is 0 Å². The number of hydrogen-bond donors (Lipinski definition) is 1. The average Bonchev–Trinajstić information content (AvgIpc) is 2.61. The van der Waals surface area contributed by atoms with E-state index < -0.39 is 0 Å². The molecule has 5 heteroatoms. The SMILES string of the molecule is CC1CC(C)N(Cc2cnc(N)s2)C1.Cl. The van der Waals surface area contributed by atoms with Crippen LogP contribution < -0.4 is 5.73 Å². The minimum Gasteiger partial charge on any atom is -0.375 e. The third kappa shape index (κ3) is 3.06. The summed E-state index contributed by atoms with van der Waals surface area (Å²) in [6.07, 6.45) is 3.21. The van der Waals surface area contributed by atoms with Crippen LogP contribution in [-0.4, -0.2) is 22.5 Å². The van der Waals surface area contributed by atoms with Gasteiger partial charge in [0, 0.05) is 30.2 Å². The van der Waals surface area contributed by atoms with Crippen molar-refractivity contribution in [3.05, 3.63) is 11.1 Å². The average molecular weight is 248 g/mol. The minimum atomic E-state index is 0. The number of thiazole rings is 1. The molecule has 0 saturated carbocycles. The predicted octanol–water partition coefficient (Wildman–Crippen LogP) is 2.38. The lowest BCUT2D eigenvalue weighted by atomic mass is 10.1. The fourth-order valence-electron chi connectivity index (χ4n) is 2.20. The fourth-order valence-corrected chi connectivity index (χ4v) is 2.91. The van der Waals surface area contributed by atoms with E-state index in [1.165, 1.54) is 17.8 Å². The van der Waals surface area contributed by atoms with E-state index in [1.807, 2.05) is 6.20 Å². The van der Waals surface area contributed by atoms with Gasteiger partial charge in [-0.1, -0.05) is 6.92 Å². The van der Waals surface area contributed by atoms with Crippen molar-refractivity contribution in [1.82, 2.24) is 9.88 Å². The number of halogens is 1. The number of nitrogens with zero attached hydrogens (tertiary/aromatic N) is 2. The molecule has 0 spiro atoms. The molecule has 2 heterocycles. The van der Waals surface area contributed by atoms with Gasteiger partial charge in [0.15, 0.2) is 5.13 Å². The van der Waals surface area contributed by atoms with Gasteiger partial charge in [0.2, 0.25) is 0 Å². The minimum absolute atomic E-state index is 0. The van der Waals surface area contributed by atoms with Gasteiger partial charge in [-0.3, -0.25) is 4.90 Å². The summed E-state index contributed by atoms with van der Waals surface area (Å²) in [4.78, 5) is 7.86. The molecule has 3 nitrogen and oxygen atoms in total. The van der Waals surface area contributed by atoms with Crippen molar-refractivity contribution in [3.8, 4) is 0 Å². The van der Waals surface area contributed by atoms with Crippen LogP contribution in [-0.2, 0) is 6.54 Å². The molecule has 1 fully saturated rings. The Morgan fingerprint density at radius 2 is 2.33 bits per heavy atom. The molecule has 0 aliphatic carbocycles. The van der Waals surface area contributed by atoms with E-state index in [4.69, 9.17) is 5.73 Å². The molecule has 0 bridgehead atoms.